The van der Waals surface area contributed by atoms with Crippen molar-refractivity contribution in [3.63, 3.8) is 0 Å². The molecule has 0 N–H and O–H groups in total. The molecule has 0 atom stereocenters. The number of fused-ring (bicyclic) bond motifs is 1. The van der Waals surface area contributed by atoms with E-state index in [0.29, 0.717) is 21.9 Å². The van der Waals surface area contributed by atoms with Crippen LogP contribution in [0.2, 0.25) is 0 Å². The van der Waals surface area contributed by atoms with Crippen LogP contribution in [0.5, 0.6) is 0 Å². The fraction of sp³-hybridized carbons (Fsp3) is 0.381. The van der Waals surface area contributed by atoms with Gasteiger partial charge in [0, 0.05) is 11.4 Å². The number of nitrogens with zero attached hydrogens (tertiary/aromatic N) is 2. The van der Waals surface area contributed by atoms with Gasteiger partial charge in [-0.25, -0.2) is 4.98 Å². The fourth-order valence-corrected chi connectivity index (χ4v) is 4.66. The average Bonchev–Trinajstić information content (AvgIpc) is 3.07. The molecule has 1 aromatic carbocycles. The zero-order valence-electron chi connectivity index (χ0n) is 16.5. The van der Waals surface area contributed by atoms with Gasteiger partial charge in [0.1, 0.15) is 4.70 Å². The topological polar surface area (TPSA) is 61.2 Å². The first kappa shape index (κ1) is 20.6. The summed E-state index contributed by atoms with van der Waals surface area (Å²) in [5, 5.41) is 0.563. The minimum Gasteiger partial charge on any atom is -0.462 e. The number of rotatable bonds is 7. The lowest BCUT2D eigenvalue weighted by atomic mass is 10.1. The first-order chi connectivity index (χ1) is 13.4. The number of hydrogen-bond acceptors (Lipinski definition) is 6. The number of hydrogen-bond donors (Lipinski definition) is 0. The van der Waals surface area contributed by atoms with Gasteiger partial charge in [0.05, 0.1) is 17.4 Å². The van der Waals surface area contributed by atoms with Crippen LogP contribution < -0.4 is 5.56 Å². The third kappa shape index (κ3) is 4.64. The number of aromatic nitrogens is 2. The molecule has 0 radical (unpaired) electrons. The molecule has 0 aliphatic carbocycles. The average molecular weight is 417 g/mol. The Balaban J connectivity index is 1.98. The second-order valence-electron chi connectivity index (χ2n) is 6.87. The van der Waals surface area contributed by atoms with Gasteiger partial charge in [-0.2, -0.15) is 0 Å². The van der Waals surface area contributed by atoms with Crippen LogP contribution in [-0.2, 0) is 16.1 Å². The van der Waals surface area contributed by atoms with Crippen molar-refractivity contribution in [3.8, 4) is 10.4 Å². The maximum atomic E-state index is 13.1. The van der Waals surface area contributed by atoms with Crippen LogP contribution in [0.15, 0.2) is 40.3 Å². The Bertz CT molecular complexity index is 1040. The molecule has 0 unspecified atom stereocenters. The zero-order valence-corrected chi connectivity index (χ0v) is 18.2. The summed E-state index contributed by atoms with van der Waals surface area (Å²) in [6.45, 7) is 8.27. The number of thiophene rings is 1. The zero-order chi connectivity index (χ0) is 20.3. The van der Waals surface area contributed by atoms with Gasteiger partial charge < -0.3 is 4.74 Å². The number of benzene rings is 1. The van der Waals surface area contributed by atoms with Gasteiger partial charge in [0.2, 0.25) is 0 Å². The Hall–Kier alpha value is -2.12. The number of thioether (sulfide) groups is 1. The van der Waals surface area contributed by atoms with Crippen molar-refractivity contribution in [1.29, 1.82) is 0 Å². The van der Waals surface area contributed by atoms with Crippen LogP contribution in [0.1, 0.15) is 32.8 Å². The molecule has 148 valence electrons. The van der Waals surface area contributed by atoms with Crippen molar-refractivity contribution >= 4 is 39.3 Å². The summed E-state index contributed by atoms with van der Waals surface area (Å²) in [5.41, 5.74) is 2.90. The Morgan fingerprint density at radius 2 is 2.00 bits per heavy atom. The first-order valence-electron chi connectivity index (χ1n) is 9.32. The second kappa shape index (κ2) is 8.92. The molecule has 0 aliphatic rings. The summed E-state index contributed by atoms with van der Waals surface area (Å²) in [5.74, 6) is -0.169. The SMILES string of the molecule is CCCn1c(SCC(=O)OC(C)C)nc2cc(-c3ccc(C)cc3)sc2c1=O. The van der Waals surface area contributed by atoms with Crippen LogP contribution in [-0.4, -0.2) is 27.4 Å². The van der Waals surface area contributed by atoms with Gasteiger partial charge in [-0.1, -0.05) is 48.5 Å². The molecule has 7 heteroatoms. The lowest BCUT2D eigenvalue weighted by molar-refractivity contribution is -0.144. The molecular weight excluding hydrogens is 392 g/mol. The normalized spacial score (nSPS) is 11.3. The van der Waals surface area contributed by atoms with E-state index < -0.39 is 0 Å². The summed E-state index contributed by atoms with van der Waals surface area (Å²) >= 11 is 2.72. The van der Waals surface area contributed by atoms with Crippen LogP contribution in [0, 0.1) is 6.92 Å². The number of esters is 1. The maximum Gasteiger partial charge on any atom is 0.316 e. The van der Waals surface area contributed by atoms with E-state index in [-0.39, 0.29) is 23.4 Å². The molecule has 3 aromatic rings. The molecule has 0 saturated carbocycles. The molecule has 0 amide bonds. The second-order valence-corrected chi connectivity index (χ2v) is 8.86. The van der Waals surface area contributed by atoms with E-state index in [9.17, 15) is 9.59 Å². The van der Waals surface area contributed by atoms with E-state index in [1.807, 2.05) is 33.8 Å². The van der Waals surface area contributed by atoms with Gasteiger partial charge in [-0.15, -0.1) is 11.3 Å². The van der Waals surface area contributed by atoms with Crippen LogP contribution in [0.3, 0.4) is 0 Å². The van der Waals surface area contributed by atoms with Gasteiger partial charge in [0.25, 0.3) is 5.56 Å². The predicted octanol–water partition coefficient (Wildman–Crippen LogP) is 4.89. The summed E-state index contributed by atoms with van der Waals surface area (Å²) in [6.07, 6.45) is 0.656. The van der Waals surface area contributed by atoms with Gasteiger partial charge in [-0.05, 0) is 38.8 Å². The van der Waals surface area contributed by atoms with Crippen molar-refractivity contribution in [1.82, 2.24) is 9.55 Å². The molecule has 0 saturated heterocycles. The van der Waals surface area contributed by atoms with Crippen molar-refractivity contribution in [2.24, 2.45) is 0 Å². The molecule has 0 bridgehead atoms. The lowest BCUT2D eigenvalue weighted by Gasteiger charge is -2.11. The quantitative estimate of drug-likeness (QED) is 0.312. The molecule has 0 aliphatic heterocycles. The van der Waals surface area contributed by atoms with E-state index in [1.165, 1.54) is 28.7 Å². The summed E-state index contributed by atoms with van der Waals surface area (Å²) in [7, 11) is 0. The van der Waals surface area contributed by atoms with Crippen molar-refractivity contribution < 1.29 is 9.53 Å². The Labute approximate surface area is 172 Å². The van der Waals surface area contributed by atoms with Gasteiger partial charge in [0.15, 0.2) is 5.16 Å². The summed E-state index contributed by atoms with van der Waals surface area (Å²) in [6, 6.07) is 10.2. The van der Waals surface area contributed by atoms with E-state index in [0.717, 1.165) is 16.9 Å². The molecule has 2 aromatic heterocycles. The highest BCUT2D eigenvalue weighted by atomic mass is 32.2. The van der Waals surface area contributed by atoms with Crippen molar-refractivity contribution in [3.05, 3.63) is 46.2 Å². The molecule has 0 spiro atoms. The number of carbonyl (C=O) groups is 1. The monoisotopic (exact) mass is 416 g/mol. The Morgan fingerprint density at radius 1 is 1.29 bits per heavy atom. The number of ether oxygens (including phenoxy) is 1. The van der Waals surface area contributed by atoms with E-state index in [2.05, 4.69) is 24.3 Å². The predicted molar refractivity (Wildman–Crippen MR) is 116 cm³/mol. The Morgan fingerprint density at radius 3 is 2.64 bits per heavy atom. The number of aryl methyl sites for hydroxylation is 1. The molecular formula is C21H24N2O3S2. The van der Waals surface area contributed by atoms with Crippen molar-refractivity contribution in [2.75, 3.05) is 5.75 Å². The fourth-order valence-electron chi connectivity index (χ4n) is 2.80. The standard InChI is InChI=1S/C21H24N2O3S2/c1-5-10-23-20(25)19-16(22-21(23)27-12-18(24)26-13(2)3)11-17(28-19)15-8-6-14(4)7-9-15/h6-9,11,13H,5,10,12H2,1-4H3. The number of carbonyl (C=O) groups excluding carboxylic acids is 1. The Kier molecular flexibility index (Phi) is 6.57. The minimum absolute atomic E-state index is 0.0464. The molecule has 5 nitrogen and oxygen atoms in total. The molecule has 3 rings (SSSR count). The van der Waals surface area contributed by atoms with E-state index >= 15 is 0 Å². The smallest absolute Gasteiger partial charge is 0.316 e. The minimum atomic E-state index is -0.303. The highest BCUT2D eigenvalue weighted by Crippen LogP contribution is 2.32. The van der Waals surface area contributed by atoms with Crippen LogP contribution >= 0.6 is 23.1 Å². The third-order valence-corrected chi connectivity index (χ3v) is 6.18. The summed E-state index contributed by atoms with van der Waals surface area (Å²) in [4.78, 5) is 30.7. The van der Waals surface area contributed by atoms with Crippen LogP contribution in [0.25, 0.3) is 20.7 Å². The van der Waals surface area contributed by atoms with Crippen LogP contribution in [0.4, 0.5) is 0 Å². The lowest BCUT2D eigenvalue weighted by Crippen LogP contribution is -2.23. The van der Waals surface area contributed by atoms with Gasteiger partial charge in [-0.3, -0.25) is 14.2 Å². The summed E-state index contributed by atoms with van der Waals surface area (Å²) < 4.78 is 7.51. The van der Waals surface area contributed by atoms with E-state index in [4.69, 9.17) is 9.72 Å². The third-order valence-electron chi connectivity index (χ3n) is 4.07. The first-order valence-corrected chi connectivity index (χ1v) is 11.1. The molecule has 2 heterocycles. The largest absolute Gasteiger partial charge is 0.462 e. The highest BCUT2D eigenvalue weighted by Gasteiger charge is 2.17. The molecule has 0 fully saturated rings. The maximum absolute atomic E-state index is 13.1. The molecule has 28 heavy (non-hydrogen) atoms. The van der Waals surface area contributed by atoms with E-state index in [1.54, 1.807) is 4.57 Å². The van der Waals surface area contributed by atoms with Gasteiger partial charge >= 0.3 is 5.97 Å². The highest BCUT2D eigenvalue weighted by molar-refractivity contribution is 7.99. The van der Waals surface area contributed by atoms with Crippen molar-refractivity contribution in [2.45, 2.75) is 51.9 Å².